The van der Waals surface area contributed by atoms with Gasteiger partial charge in [-0.2, -0.15) is 0 Å². The molecule has 0 saturated heterocycles. The first-order chi connectivity index (χ1) is 12.2. The zero-order chi connectivity index (χ0) is 19.3. The minimum atomic E-state index is -0.440. The van der Waals surface area contributed by atoms with Gasteiger partial charge >= 0.3 is 0 Å². The summed E-state index contributed by atoms with van der Waals surface area (Å²) in [6.45, 7) is 8.06. The molecule has 0 saturated carbocycles. The van der Waals surface area contributed by atoms with Crippen molar-refractivity contribution in [2.75, 3.05) is 6.61 Å². The number of benzene rings is 2. The number of carbonyl (C=O) groups excluding carboxylic acids is 2. The zero-order valence-electron chi connectivity index (χ0n) is 15.4. The maximum atomic E-state index is 12.1. The molecule has 0 aliphatic carbocycles. The molecule has 0 atom stereocenters. The third-order valence-electron chi connectivity index (χ3n) is 3.83. The molecule has 0 heterocycles. The monoisotopic (exact) mass is 418 g/mol. The normalized spacial score (nSPS) is 11.0. The molecule has 2 aromatic carbocycles. The summed E-state index contributed by atoms with van der Waals surface area (Å²) >= 11 is 3.41. The fourth-order valence-corrected chi connectivity index (χ4v) is 2.46. The van der Waals surface area contributed by atoms with Crippen molar-refractivity contribution in [1.29, 1.82) is 0 Å². The molecule has 26 heavy (non-hydrogen) atoms. The Balaban J connectivity index is 1.82. The molecule has 138 valence electrons. The third kappa shape index (κ3) is 5.59. The molecule has 6 heteroatoms. The second-order valence-corrected chi connectivity index (χ2v) is 7.88. The van der Waals surface area contributed by atoms with E-state index in [0.29, 0.717) is 11.3 Å². The number of amides is 2. The van der Waals surface area contributed by atoms with Gasteiger partial charge in [-0.25, -0.2) is 0 Å². The van der Waals surface area contributed by atoms with Crippen molar-refractivity contribution < 1.29 is 14.3 Å². The molecule has 0 aliphatic heterocycles. The van der Waals surface area contributed by atoms with Crippen LogP contribution in [0.4, 0.5) is 0 Å². The van der Waals surface area contributed by atoms with E-state index in [4.69, 9.17) is 4.74 Å². The first-order valence-electron chi connectivity index (χ1n) is 8.25. The van der Waals surface area contributed by atoms with E-state index in [9.17, 15) is 9.59 Å². The summed E-state index contributed by atoms with van der Waals surface area (Å²) in [7, 11) is 0. The summed E-state index contributed by atoms with van der Waals surface area (Å²) in [5.74, 6) is -0.228. The van der Waals surface area contributed by atoms with Gasteiger partial charge in [0.15, 0.2) is 6.61 Å². The molecule has 2 rings (SSSR count). The SMILES string of the molecule is Cc1cc(OCC(=O)NNC(=O)c2ccc(C(C)(C)C)cc2)ccc1Br. The lowest BCUT2D eigenvalue weighted by Crippen LogP contribution is -2.43. The first-order valence-corrected chi connectivity index (χ1v) is 9.05. The highest BCUT2D eigenvalue weighted by atomic mass is 79.9. The maximum absolute atomic E-state index is 12.1. The lowest BCUT2D eigenvalue weighted by atomic mass is 9.87. The van der Waals surface area contributed by atoms with Crippen LogP contribution >= 0.6 is 15.9 Å². The fourth-order valence-electron chi connectivity index (χ4n) is 2.21. The summed E-state index contributed by atoms with van der Waals surface area (Å²) in [5, 5.41) is 0. The standard InChI is InChI=1S/C20H23BrN2O3/c1-13-11-16(9-10-17(13)21)26-12-18(24)22-23-19(25)14-5-7-15(8-6-14)20(2,3)4/h5-11H,12H2,1-4H3,(H,22,24)(H,23,25). The first kappa shape index (κ1) is 20.0. The van der Waals surface area contributed by atoms with Crippen LogP contribution in [-0.4, -0.2) is 18.4 Å². The number of nitrogens with one attached hydrogen (secondary N) is 2. The molecule has 2 aromatic rings. The third-order valence-corrected chi connectivity index (χ3v) is 4.72. The molecule has 0 unspecified atom stereocenters. The number of hydrogen-bond donors (Lipinski definition) is 2. The molecule has 0 spiro atoms. The van der Waals surface area contributed by atoms with Gasteiger partial charge in [-0.15, -0.1) is 0 Å². The molecule has 0 fully saturated rings. The van der Waals surface area contributed by atoms with Crippen molar-refractivity contribution >= 4 is 27.7 Å². The zero-order valence-corrected chi connectivity index (χ0v) is 16.9. The molecular weight excluding hydrogens is 396 g/mol. The van der Waals surface area contributed by atoms with E-state index in [2.05, 4.69) is 47.6 Å². The minimum Gasteiger partial charge on any atom is -0.484 e. The van der Waals surface area contributed by atoms with Gasteiger partial charge in [0.2, 0.25) is 0 Å². The Kier molecular flexibility index (Phi) is 6.42. The predicted molar refractivity (Wildman–Crippen MR) is 105 cm³/mol. The topological polar surface area (TPSA) is 67.4 Å². The Hall–Kier alpha value is -2.34. The number of halogens is 1. The summed E-state index contributed by atoms with van der Waals surface area (Å²) in [4.78, 5) is 23.9. The van der Waals surface area contributed by atoms with Crippen molar-refractivity contribution in [2.24, 2.45) is 0 Å². The van der Waals surface area contributed by atoms with Crippen LogP contribution in [-0.2, 0) is 10.2 Å². The van der Waals surface area contributed by atoms with E-state index >= 15 is 0 Å². The van der Waals surface area contributed by atoms with E-state index in [0.717, 1.165) is 15.6 Å². The fraction of sp³-hybridized carbons (Fsp3) is 0.300. The van der Waals surface area contributed by atoms with Gasteiger partial charge in [-0.3, -0.25) is 20.4 Å². The number of rotatable bonds is 4. The largest absolute Gasteiger partial charge is 0.484 e. The number of hydrogen-bond acceptors (Lipinski definition) is 3. The van der Waals surface area contributed by atoms with Crippen LogP contribution < -0.4 is 15.6 Å². The van der Waals surface area contributed by atoms with Crippen molar-refractivity contribution in [2.45, 2.75) is 33.1 Å². The molecule has 0 bridgehead atoms. The van der Waals surface area contributed by atoms with E-state index in [1.165, 1.54) is 0 Å². The summed E-state index contributed by atoms with van der Waals surface area (Å²) in [6, 6.07) is 12.7. The maximum Gasteiger partial charge on any atom is 0.276 e. The van der Waals surface area contributed by atoms with Crippen LogP contribution in [0.3, 0.4) is 0 Å². The van der Waals surface area contributed by atoms with Gasteiger partial charge in [0.25, 0.3) is 11.8 Å². The summed E-state index contributed by atoms with van der Waals surface area (Å²) in [5.41, 5.74) is 7.38. The van der Waals surface area contributed by atoms with Crippen LogP contribution in [0.25, 0.3) is 0 Å². The van der Waals surface area contributed by atoms with Gasteiger partial charge < -0.3 is 4.74 Å². The molecule has 5 nitrogen and oxygen atoms in total. The van der Waals surface area contributed by atoms with E-state index in [1.807, 2.05) is 31.2 Å². The summed E-state index contributed by atoms with van der Waals surface area (Å²) in [6.07, 6.45) is 0. The Morgan fingerprint density at radius 2 is 1.69 bits per heavy atom. The predicted octanol–water partition coefficient (Wildman–Crippen LogP) is 3.90. The summed E-state index contributed by atoms with van der Waals surface area (Å²) < 4.78 is 6.38. The molecule has 0 radical (unpaired) electrons. The average Bonchev–Trinajstić information content (AvgIpc) is 2.60. The lowest BCUT2D eigenvalue weighted by Gasteiger charge is -2.19. The van der Waals surface area contributed by atoms with E-state index in [1.54, 1.807) is 18.2 Å². The van der Waals surface area contributed by atoms with Crippen LogP contribution in [0, 0.1) is 6.92 Å². The van der Waals surface area contributed by atoms with Gasteiger partial charge in [-0.1, -0.05) is 48.8 Å². The van der Waals surface area contributed by atoms with Gasteiger partial charge in [0.1, 0.15) is 5.75 Å². The van der Waals surface area contributed by atoms with Gasteiger partial charge in [-0.05, 0) is 53.8 Å². The second kappa shape index (κ2) is 8.36. The molecule has 2 amide bonds. The van der Waals surface area contributed by atoms with Crippen LogP contribution in [0.5, 0.6) is 5.75 Å². The van der Waals surface area contributed by atoms with Gasteiger partial charge in [0, 0.05) is 10.0 Å². The number of carbonyl (C=O) groups is 2. The Morgan fingerprint density at radius 3 is 2.27 bits per heavy atom. The van der Waals surface area contributed by atoms with Crippen LogP contribution in [0.15, 0.2) is 46.9 Å². The number of hydrazine groups is 1. The van der Waals surface area contributed by atoms with E-state index < -0.39 is 5.91 Å². The minimum absolute atomic E-state index is 0.0198. The van der Waals surface area contributed by atoms with Crippen LogP contribution in [0.1, 0.15) is 42.3 Å². The van der Waals surface area contributed by atoms with E-state index in [-0.39, 0.29) is 17.9 Å². The Labute approximate surface area is 162 Å². The highest BCUT2D eigenvalue weighted by Crippen LogP contribution is 2.22. The molecule has 0 aromatic heterocycles. The van der Waals surface area contributed by atoms with Crippen molar-refractivity contribution in [3.05, 3.63) is 63.6 Å². The highest BCUT2D eigenvalue weighted by molar-refractivity contribution is 9.10. The van der Waals surface area contributed by atoms with Crippen LogP contribution in [0.2, 0.25) is 0 Å². The average molecular weight is 419 g/mol. The Bertz CT molecular complexity index is 796. The quantitative estimate of drug-likeness (QED) is 0.739. The van der Waals surface area contributed by atoms with Gasteiger partial charge in [0.05, 0.1) is 0 Å². The number of ether oxygens (including phenoxy) is 1. The lowest BCUT2D eigenvalue weighted by molar-refractivity contribution is -0.123. The molecule has 0 aliphatic rings. The molecular formula is C20H23BrN2O3. The molecule has 2 N–H and O–H groups in total. The smallest absolute Gasteiger partial charge is 0.276 e. The van der Waals surface area contributed by atoms with Crippen molar-refractivity contribution in [1.82, 2.24) is 10.9 Å². The van der Waals surface area contributed by atoms with Crippen molar-refractivity contribution in [3.63, 3.8) is 0 Å². The Morgan fingerprint density at radius 1 is 1.04 bits per heavy atom. The highest BCUT2D eigenvalue weighted by Gasteiger charge is 2.14. The van der Waals surface area contributed by atoms with Crippen molar-refractivity contribution in [3.8, 4) is 5.75 Å². The second-order valence-electron chi connectivity index (χ2n) is 7.03. The number of aryl methyl sites for hydroxylation is 1.